The molecule has 0 saturated carbocycles. The van der Waals surface area contributed by atoms with Crippen molar-refractivity contribution >= 4 is 28.4 Å². The van der Waals surface area contributed by atoms with Crippen LogP contribution in [0.3, 0.4) is 0 Å². The Morgan fingerprint density at radius 2 is 2.00 bits per heavy atom. The lowest BCUT2D eigenvalue weighted by Crippen LogP contribution is -2.44. The van der Waals surface area contributed by atoms with Crippen LogP contribution in [-0.2, 0) is 29.0 Å². The normalized spacial score (nSPS) is 14.2. The Bertz CT molecular complexity index is 1390. The quantitative estimate of drug-likeness (QED) is 0.393. The van der Waals surface area contributed by atoms with Gasteiger partial charge >= 0.3 is 0 Å². The van der Waals surface area contributed by atoms with E-state index in [2.05, 4.69) is 25.8 Å². The van der Waals surface area contributed by atoms with Crippen LogP contribution in [0.1, 0.15) is 37.6 Å². The number of halogens is 1. The molecule has 0 bridgehead atoms. The van der Waals surface area contributed by atoms with Crippen LogP contribution in [0.4, 0.5) is 10.1 Å². The number of para-hydroxylation sites is 1. The maximum absolute atomic E-state index is 14.8. The molecule has 0 spiro atoms. The number of anilines is 1. The minimum absolute atomic E-state index is 0.288. The van der Waals surface area contributed by atoms with Crippen LogP contribution < -0.4 is 10.6 Å². The summed E-state index contributed by atoms with van der Waals surface area (Å²) >= 11 is 0. The number of aromatic amines is 1. The minimum atomic E-state index is -0.801. The molecule has 1 aliphatic rings. The summed E-state index contributed by atoms with van der Waals surface area (Å²) in [7, 11) is 0. The summed E-state index contributed by atoms with van der Waals surface area (Å²) in [4.78, 5) is 28.3. The summed E-state index contributed by atoms with van der Waals surface area (Å²) in [6.07, 6.45) is 6.10. The van der Waals surface area contributed by atoms with E-state index in [-0.39, 0.29) is 17.4 Å². The van der Waals surface area contributed by atoms with E-state index in [4.69, 9.17) is 0 Å². The van der Waals surface area contributed by atoms with Gasteiger partial charge in [0.15, 0.2) is 5.82 Å². The van der Waals surface area contributed by atoms with E-state index in [9.17, 15) is 14.0 Å². The smallest absolute Gasteiger partial charge is 0.247 e. The van der Waals surface area contributed by atoms with Crippen molar-refractivity contribution in [3.63, 3.8) is 0 Å². The van der Waals surface area contributed by atoms with Gasteiger partial charge in [-0.05, 0) is 42.7 Å². The standard InChI is InChI=1S/C26H27FN6O2/c1-16(34)29-23(13-17-15-28-22-8-5-4-7-19(17)22)26(35)30-18-10-11-21(27)20(14-18)25-32-31-24-9-3-2-6-12-33(24)25/h4-5,7-8,10-11,14-15,23,28H,2-3,6,9,12-13H2,1H3,(H,29,34)(H,30,35). The van der Waals surface area contributed by atoms with Crippen LogP contribution in [0.5, 0.6) is 0 Å². The van der Waals surface area contributed by atoms with Gasteiger partial charge in [0.05, 0.1) is 5.56 Å². The van der Waals surface area contributed by atoms with Gasteiger partial charge in [0, 0.05) is 49.1 Å². The second-order valence-electron chi connectivity index (χ2n) is 8.90. The molecule has 0 fully saturated rings. The lowest BCUT2D eigenvalue weighted by Gasteiger charge is -2.18. The number of benzene rings is 2. The number of rotatable bonds is 6. The predicted molar refractivity (Wildman–Crippen MR) is 131 cm³/mol. The molecule has 1 aliphatic heterocycles. The molecule has 9 heteroatoms. The molecule has 4 aromatic rings. The summed E-state index contributed by atoms with van der Waals surface area (Å²) in [5.74, 6) is 0.196. The van der Waals surface area contributed by atoms with Crippen molar-refractivity contribution in [3.8, 4) is 11.4 Å². The first kappa shape index (κ1) is 22.8. The average Bonchev–Trinajstić information content (AvgIpc) is 3.36. The zero-order chi connectivity index (χ0) is 24.4. The minimum Gasteiger partial charge on any atom is -0.361 e. The number of aryl methyl sites for hydroxylation is 1. The third-order valence-electron chi connectivity index (χ3n) is 6.38. The van der Waals surface area contributed by atoms with Crippen molar-refractivity contribution in [2.75, 3.05) is 5.32 Å². The first-order chi connectivity index (χ1) is 17.0. The van der Waals surface area contributed by atoms with Gasteiger partial charge in [-0.3, -0.25) is 9.59 Å². The van der Waals surface area contributed by atoms with Crippen LogP contribution >= 0.6 is 0 Å². The maximum Gasteiger partial charge on any atom is 0.247 e. The molecule has 0 aliphatic carbocycles. The molecule has 1 unspecified atom stereocenters. The first-order valence-electron chi connectivity index (χ1n) is 11.8. The van der Waals surface area contributed by atoms with Gasteiger partial charge in [-0.25, -0.2) is 4.39 Å². The van der Waals surface area contributed by atoms with Crippen LogP contribution in [-0.4, -0.2) is 37.6 Å². The molecule has 35 heavy (non-hydrogen) atoms. The van der Waals surface area contributed by atoms with Gasteiger partial charge in [0.25, 0.3) is 0 Å². The lowest BCUT2D eigenvalue weighted by atomic mass is 10.0. The van der Waals surface area contributed by atoms with Crippen molar-refractivity contribution in [1.82, 2.24) is 25.1 Å². The number of amides is 2. The molecule has 2 amide bonds. The van der Waals surface area contributed by atoms with Gasteiger partial charge in [0.1, 0.15) is 17.7 Å². The number of aromatic nitrogens is 4. The molecule has 3 heterocycles. The molecular formula is C26H27FN6O2. The Balaban J connectivity index is 1.40. The number of hydrogen-bond acceptors (Lipinski definition) is 4. The molecule has 8 nitrogen and oxygen atoms in total. The second kappa shape index (κ2) is 9.69. The number of fused-ring (bicyclic) bond motifs is 2. The van der Waals surface area contributed by atoms with Crippen molar-refractivity contribution in [2.45, 2.75) is 51.6 Å². The third kappa shape index (κ3) is 4.80. The summed E-state index contributed by atoms with van der Waals surface area (Å²) < 4.78 is 16.8. The van der Waals surface area contributed by atoms with E-state index < -0.39 is 11.9 Å². The molecule has 0 saturated heterocycles. The Morgan fingerprint density at radius 3 is 2.86 bits per heavy atom. The highest BCUT2D eigenvalue weighted by Gasteiger charge is 2.23. The van der Waals surface area contributed by atoms with E-state index in [1.165, 1.54) is 19.1 Å². The monoisotopic (exact) mass is 474 g/mol. The van der Waals surface area contributed by atoms with E-state index in [1.54, 1.807) is 6.07 Å². The fraction of sp³-hybridized carbons (Fsp3) is 0.308. The van der Waals surface area contributed by atoms with Crippen LogP contribution in [0.2, 0.25) is 0 Å². The fourth-order valence-electron chi connectivity index (χ4n) is 4.66. The SMILES string of the molecule is CC(=O)NC(Cc1c[nH]c2ccccc12)C(=O)Nc1ccc(F)c(-c2nnc3n2CCCCC3)c1. The van der Waals surface area contributed by atoms with Crippen molar-refractivity contribution in [1.29, 1.82) is 0 Å². The zero-order valence-electron chi connectivity index (χ0n) is 19.5. The van der Waals surface area contributed by atoms with Crippen LogP contribution in [0.25, 0.3) is 22.3 Å². The average molecular weight is 475 g/mol. The Hall–Kier alpha value is -4.01. The topological polar surface area (TPSA) is 105 Å². The van der Waals surface area contributed by atoms with Crippen LogP contribution in [0, 0.1) is 5.82 Å². The Kier molecular flexibility index (Phi) is 6.31. The number of carbonyl (C=O) groups excluding carboxylic acids is 2. The molecule has 2 aromatic heterocycles. The predicted octanol–water partition coefficient (Wildman–Crippen LogP) is 3.98. The fourth-order valence-corrected chi connectivity index (χ4v) is 4.66. The van der Waals surface area contributed by atoms with E-state index in [0.717, 1.165) is 54.5 Å². The van der Waals surface area contributed by atoms with Gasteiger partial charge in [-0.1, -0.05) is 24.6 Å². The zero-order valence-corrected chi connectivity index (χ0v) is 19.5. The van der Waals surface area contributed by atoms with Gasteiger partial charge < -0.3 is 20.2 Å². The molecule has 180 valence electrons. The Morgan fingerprint density at radius 1 is 1.14 bits per heavy atom. The van der Waals surface area contributed by atoms with Crippen molar-refractivity contribution in [3.05, 3.63) is 65.9 Å². The molecule has 1 atom stereocenters. The Labute approximate surface area is 201 Å². The summed E-state index contributed by atoms with van der Waals surface area (Å²) in [6, 6.07) is 11.4. The number of hydrogen-bond donors (Lipinski definition) is 3. The molecule has 2 aromatic carbocycles. The molecule has 5 rings (SSSR count). The van der Waals surface area contributed by atoms with E-state index in [0.29, 0.717) is 17.9 Å². The number of carbonyl (C=O) groups is 2. The summed E-state index contributed by atoms with van der Waals surface area (Å²) in [5, 5.41) is 15.1. The molecular weight excluding hydrogens is 447 g/mol. The number of nitrogens with one attached hydrogen (secondary N) is 3. The first-order valence-corrected chi connectivity index (χ1v) is 11.8. The van der Waals surface area contributed by atoms with Crippen molar-refractivity contribution in [2.24, 2.45) is 0 Å². The highest BCUT2D eigenvalue weighted by atomic mass is 19.1. The van der Waals surface area contributed by atoms with E-state index >= 15 is 0 Å². The maximum atomic E-state index is 14.8. The largest absolute Gasteiger partial charge is 0.361 e. The summed E-state index contributed by atoms with van der Waals surface area (Å²) in [6.45, 7) is 2.12. The molecule has 3 N–H and O–H groups in total. The molecule has 0 radical (unpaired) electrons. The van der Waals surface area contributed by atoms with Crippen molar-refractivity contribution < 1.29 is 14.0 Å². The van der Waals surface area contributed by atoms with Gasteiger partial charge in [-0.2, -0.15) is 0 Å². The highest BCUT2D eigenvalue weighted by molar-refractivity contribution is 5.98. The van der Waals surface area contributed by atoms with Gasteiger partial charge in [0.2, 0.25) is 11.8 Å². The lowest BCUT2D eigenvalue weighted by molar-refractivity contribution is -0.125. The summed E-state index contributed by atoms with van der Waals surface area (Å²) in [5.41, 5.74) is 2.59. The highest BCUT2D eigenvalue weighted by Crippen LogP contribution is 2.28. The number of nitrogens with zero attached hydrogens (tertiary/aromatic N) is 3. The second-order valence-corrected chi connectivity index (χ2v) is 8.90. The third-order valence-corrected chi connectivity index (χ3v) is 6.38. The van der Waals surface area contributed by atoms with Gasteiger partial charge in [-0.15, -0.1) is 10.2 Å². The van der Waals surface area contributed by atoms with Crippen LogP contribution in [0.15, 0.2) is 48.7 Å². The van der Waals surface area contributed by atoms with E-state index in [1.807, 2.05) is 35.0 Å². The number of H-pyrrole nitrogens is 1.